The van der Waals surface area contributed by atoms with Crippen molar-refractivity contribution in [1.29, 1.82) is 0 Å². The predicted octanol–water partition coefficient (Wildman–Crippen LogP) is 4.48. The zero-order valence-electron chi connectivity index (χ0n) is 18.5. The van der Waals surface area contributed by atoms with Crippen molar-refractivity contribution >= 4 is 29.9 Å². The van der Waals surface area contributed by atoms with Crippen molar-refractivity contribution in [2.75, 3.05) is 40.8 Å². The standard InChI is InChI=1S/C21H36F2N4O2.HI/c1-5-28-18-13-11-12-17(19(18)29-20(22)23)16-26-21(24-2)25-14-9-7-6-8-10-15-27(3)4;/h11-13,20H,5-10,14-16H2,1-4H3,(H2,24,25,26);1H. The van der Waals surface area contributed by atoms with Gasteiger partial charge in [-0.15, -0.1) is 24.0 Å². The molecule has 0 radical (unpaired) electrons. The third-order valence-electron chi connectivity index (χ3n) is 4.31. The van der Waals surface area contributed by atoms with Crippen LogP contribution in [0.3, 0.4) is 0 Å². The Hall–Kier alpha value is -1.36. The number of ether oxygens (including phenoxy) is 2. The highest BCUT2D eigenvalue weighted by molar-refractivity contribution is 14.0. The van der Waals surface area contributed by atoms with Gasteiger partial charge in [-0.3, -0.25) is 4.99 Å². The first-order valence-corrected chi connectivity index (χ1v) is 10.3. The van der Waals surface area contributed by atoms with Gasteiger partial charge in [0.05, 0.1) is 6.61 Å². The van der Waals surface area contributed by atoms with Crippen LogP contribution in [0.4, 0.5) is 8.78 Å². The molecule has 2 N–H and O–H groups in total. The van der Waals surface area contributed by atoms with Gasteiger partial charge in [0.2, 0.25) is 0 Å². The summed E-state index contributed by atoms with van der Waals surface area (Å²) in [5.41, 5.74) is 0.583. The zero-order chi connectivity index (χ0) is 21.5. The summed E-state index contributed by atoms with van der Waals surface area (Å²) in [7, 11) is 5.88. The lowest BCUT2D eigenvalue weighted by molar-refractivity contribution is -0.0520. The first-order valence-electron chi connectivity index (χ1n) is 10.3. The van der Waals surface area contributed by atoms with E-state index in [4.69, 9.17) is 9.47 Å². The Bertz CT molecular complexity index is 604. The molecule has 0 fully saturated rings. The quantitative estimate of drug-likeness (QED) is 0.157. The minimum Gasteiger partial charge on any atom is -0.490 e. The van der Waals surface area contributed by atoms with Gasteiger partial charge < -0.3 is 25.0 Å². The summed E-state index contributed by atoms with van der Waals surface area (Å²) in [4.78, 5) is 6.40. The van der Waals surface area contributed by atoms with E-state index in [1.165, 1.54) is 25.7 Å². The van der Waals surface area contributed by atoms with Crippen LogP contribution in [0.5, 0.6) is 11.5 Å². The number of nitrogens with zero attached hydrogens (tertiary/aromatic N) is 2. The molecule has 0 spiro atoms. The van der Waals surface area contributed by atoms with E-state index in [1.54, 1.807) is 32.2 Å². The zero-order valence-corrected chi connectivity index (χ0v) is 20.9. The van der Waals surface area contributed by atoms with E-state index in [0.29, 0.717) is 30.4 Å². The predicted molar refractivity (Wildman–Crippen MR) is 129 cm³/mol. The van der Waals surface area contributed by atoms with E-state index in [-0.39, 0.29) is 29.7 Å². The molecule has 0 aliphatic rings. The lowest BCUT2D eigenvalue weighted by Crippen LogP contribution is -2.37. The molecule has 1 aromatic carbocycles. The number of benzene rings is 1. The molecule has 0 aromatic heterocycles. The van der Waals surface area contributed by atoms with Crippen molar-refractivity contribution in [1.82, 2.24) is 15.5 Å². The van der Waals surface area contributed by atoms with Gasteiger partial charge in [0.1, 0.15) is 0 Å². The van der Waals surface area contributed by atoms with E-state index < -0.39 is 6.61 Å². The van der Waals surface area contributed by atoms with Crippen LogP contribution in [0, 0.1) is 0 Å². The molecule has 0 amide bonds. The third-order valence-corrected chi connectivity index (χ3v) is 4.31. The number of hydrogen-bond acceptors (Lipinski definition) is 4. The van der Waals surface area contributed by atoms with E-state index >= 15 is 0 Å². The molecular weight excluding hydrogens is 505 g/mol. The molecule has 0 bridgehead atoms. The van der Waals surface area contributed by atoms with E-state index in [1.807, 2.05) is 0 Å². The number of nitrogens with one attached hydrogen (secondary N) is 2. The van der Waals surface area contributed by atoms with Crippen molar-refractivity contribution < 1.29 is 18.3 Å². The molecule has 0 aliphatic heterocycles. The molecule has 174 valence electrons. The fourth-order valence-corrected chi connectivity index (χ4v) is 2.88. The second-order valence-corrected chi connectivity index (χ2v) is 6.98. The Morgan fingerprint density at radius 1 is 1.10 bits per heavy atom. The Labute approximate surface area is 196 Å². The van der Waals surface area contributed by atoms with Gasteiger partial charge in [-0.25, -0.2) is 0 Å². The smallest absolute Gasteiger partial charge is 0.387 e. The lowest BCUT2D eigenvalue weighted by atomic mass is 10.1. The maximum Gasteiger partial charge on any atom is 0.387 e. The Kier molecular flexibility index (Phi) is 16.5. The number of guanidine groups is 1. The molecule has 30 heavy (non-hydrogen) atoms. The van der Waals surface area contributed by atoms with Gasteiger partial charge in [0, 0.05) is 25.7 Å². The van der Waals surface area contributed by atoms with Crippen molar-refractivity contribution in [3.63, 3.8) is 0 Å². The molecule has 0 aliphatic carbocycles. The monoisotopic (exact) mass is 542 g/mol. The first kappa shape index (κ1) is 28.6. The minimum atomic E-state index is -2.91. The molecule has 0 saturated carbocycles. The van der Waals surface area contributed by atoms with Gasteiger partial charge >= 0.3 is 6.61 Å². The lowest BCUT2D eigenvalue weighted by Gasteiger charge is -2.17. The van der Waals surface area contributed by atoms with Gasteiger partial charge in [0.15, 0.2) is 17.5 Å². The van der Waals surface area contributed by atoms with Crippen LogP contribution < -0.4 is 20.1 Å². The number of halogens is 3. The summed E-state index contributed by atoms with van der Waals surface area (Å²) in [6.45, 7) is 1.50. The fraction of sp³-hybridized carbons (Fsp3) is 0.667. The molecular formula is C21H37F2IN4O2. The van der Waals surface area contributed by atoms with Crippen LogP contribution >= 0.6 is 24.0 Å². The van der Waals surface area contributed by atoms with Gasteiger partial charge in [-0.05, 0) is 46.5 Å². The largest absolute Gasteiger partial charge is 0.490 e. The number of hydrogen-bond donors (Lipinski definition) is 2. The first-order chi connectivity index (χ1) is 14.0. The summed E-state index contributed by atoms with van der Waals surface area (Å²) in [6, 6.07) is 5.11. The number of para-hydroxylation sites is 1. The highest BCUT2D eigenvalue weighted by Crippen LogP contribution is 2.32. The van der Waals surface area contributed by atoms with E-state index in [9.17, 15) is 8.78 Å². The number of rotatable bonds is 14. The molecule has 1 rings (SSSR count). The maximum absolute atomic E-state index is 12.8. The highest BCUT2D eigenvalue weighted by atomic mass is 127. The van der Waals surface area contributed by atoms with Crippen LogP contribution in [0.1, 0.15) is 44.6 Å². The van der Waals surface area contributed by atoms with Gasteiger partial charge in [-0.2, -0.15) is 8.78 Å². The van der Waals surface area contributed by atoms with E-state index in [0.717, 1.165) is 19.5 Å². The Morgan fingerprint density at radius 2 is 1.80 bits per heavy atom. The van der Waals surface area contributed by atoms with Crippen LogP contribution in [0.2, 0.25) is 0 Å². The average Bonchev–Trinajstić information content (AvgIpc) is 2.67. The van der Waals surface area contributed by atoms with Gasteiger partial charge in [-0.1, -0.05) is 31.4 Å². The average molecular weight is 542 g/mol. The third kappa shape index (κ3) is 12.4. The molecule has 0 heterocycles. The SMILES string of the molecule is CCOc1cccc(CNC(=NC)NCCCCCCCN(C)C)c1OC(F)F.I. The summed E-state index contributed by atoms with van der Waals surface area (Å²) in [6.07, 6.45) is 5.92. The number of alkyl halides is 2. The van der Waals surface area contributed by atoms with Crippen molar-refractivity contribution in [3.05, 3.63) is 23.8 Å². The second-order valence-electron chi connectivity index (χ2n) is 6.98. The summed E-state index contributed by atoms with van der Waals surface area (Å²) in [5, 5.41) is 6.40. The van der Waals surface area contributed by atoms with Gasteiger partial charge in [0.25, 0.3) is 0 Å². The topological polar surface area (TPSA) is 58.1 Å². The van der Waals surface area contributed by atoms with Crippen molar-refractivity contribution in [2.24, 2.45) is 4.99 Å². The molecule has 6 nitrogen and oxygen atoms in total. The molecule has 0 atom stereocenters. The van der Waals surface area contributed by atoms with Crippen LogP contribution in [-0.4, -0.2) is 58.3 Å². The molecule has 9 heteroatoms. The summed E-state index contributed by atoms with van der Waals surface area (Å²) in [5.74, 6) is 0.997. The minimum absolute atomic E-state index is 0. The normalized spacial score (nSPS) is 11.4. The van der Waals surface area contributed by atoms with Crippen LogP contribution in [-0.2, 0) is 6.54 Å². The maximum atomic E-state index is 12.8. The number of unbranched alkanes of at least 4 members (excludes halogenated alkanes) is 4. The Balaban J connectivity index is 0.00000841. The highest BCUT2D eigenvalue weighted by Gasteiger charge is 2.15. The number of aliphatic imine (C=N–C) groups is 1. The van der Waals surface area contributed by atoms with Crippen molar-refractivity contribution in [2.45, 2.75) is 52.2 Å². The second kappa shape index (κ2) is 17.3. The molecule has 0 saturated heterocycles. The van der Waals surface area contributed by atoms with Crippen molar-refractivity contribution in [3.8, 4) is 11.5 Å². The van der Waals surface area contributed by atoms with Crippen LogP contribution in [0.15, 0.2) is 23.2 Å². The Morgan fingerprint density at radius 3 is 2.43 bits per heavy atom. The molecule has 0 unspecified atom stereocenters. The fourth-order valence-electron chi connectivity index (χ4n) is 2.88. The summed E-state index contributed by atoms with van der Waals surface area (Å²) >= 11 is 0. The summed E-state index contributed by atoms with van der Waals surface area (Å²) < 4.78 is 35.7. The van der Waals surface area contributed by atoms with Crippen LogP contribution in [0.25, 0.3) is 0 Å². The molecule has 1 aromatic rings. The van der Waals surface area contributed by atoms with E-state index in [2.05, 4.69) is 34.6 Å².